The molecule has 3 aromatic carbocycles. The number of methoxy groups -OCH3 is 1. The normalized spacial score (nSPS) is 11.8. The Balaban J connectivity index is 1.37. The fourth-order valence-corrected chi connectivity index (χ4v) is 4.29. The smallest absolute Gasteiger partial charge is 0.313 e. The van der Waals surface area contributed by atoms with Crippen molar-refractivity contribution in [1.29, 1.82) is 0 Å². The first kappa shape index (κ1) is 22.2. The summed E-state index contributed by atoms with van der Waals surface area (Å²) in [6.07, 6.45) is 3.64. The molecule has 0 spiro atoms. The van der Waals surface area contributed by atoms with Crippen molar-refractivity contribution in [2.75, 3.05) is 19.0 Å². The first-order valence-corrected chi connectivity index (χ1v) is 11.3. The molecule has 1 unspecified atom stereocenters. The van der Waals surface area contributed by atoms with Crippen molar-refractivity contribution in [3.05, 3.63) is 102 Å². The Morgan fingerprint density at radius 3 is 2.54 bits per heavy atom. The number of aromatic amines is 1. The molecular weight excluding hydrogens is 440 g/mol. The monoisotopic (exact) mass is 464 g/mol. The van der Waals surface area contributed by atoms with Crippen LogP contribution in [-0.2, 0) is 9.59 Å². The number of ether oxygens (including phenoxy) is 1. The number of hydrogen-bond acceptors (Lipinski definition) is 4. The van der Waals surface area contributed by atoms with E-state index in [-0.39, 0.29) is 12.5 Å². The van der Waals surface area contributed by atoms with Crippen LogP contribution in [0.25, 0.3) is 21.8 Å². The average molecular weight is 465 g/mol. The highest BCUT2D eigenvalue weighted by atomic mass is 16.5. The molecule has 0 aliphatic heterocycles. The maximum absolute atomic E-state index is 12.8. The van der Waals surface area contributed by atoms with Gasteiger partial charge in [-0.1, -0.05) is 36.4 Å². The second-order valence-electron chi connectivity index (χ2n) is 8.16. The van der Waals surface area contributed by atoms with Gasteiger partial charge in [-0.3, -0.25) is 14.6 Å². The third kappa shape index (κ3) is 4.56. The van der Waals surface area contributed by atoms with E-state index in [0.717, 1.165) is 38.7 Å². The molecule has 0 fully saturated rings. The largest absolute Gasteiger partial charge is 0.497 e. The van der Waals surface area contributed by atoms with Gasteiger partial charge in [0.1, 0.15) is 5.75 Å². The van der Waals surface area contributed by atoms with Crippen LogP contribution in [0, 0.1) is 0 Å². The predicted octanol–water partition coefficient (Wildman–Crippen LogP) is 4.61. The van der Waals surface area contributed by atoms with Crippen LogP contribution in [-0.4, -0.2) is 35.4 Å². The summed E-state index contributed by atoms with van der Waals surface area (Å²) >= 11 is 0. The molecule has 7 heteroatoms. The molecule has 2 aromatic heterocycles. The predicted molar refractivity (Wildman–Crippen MR) is 137 cm³/mol. The van der Waals surface area contributed by atoms with Gasteiger partial charge in [0.05, 0.1) is 18.3 Å². The van der Waals surface area contributed by atoms with Gasteiger partial charge in [0.15, 0.2) is 0 Å². The Labute approximate surface area is 202 Å². The van der Waals surface area contributed by atoms with Gasteiger partial charge >= 0.3 is 11.8 Å². The number of pyridine rings is 1. The van der Waals surface area contributed by atoms with E-state index in [1.54, 1.807) is 31.5 Å². The Hall–Kier alpha value is -4.65. The highest BCUT2D eigenvalue weighted by molar-refractivity contribution is 6.40. The van der Waals surface area contributed by atoms with Gasteiger partial charge in [-0.25, -0.2) is 0 Å². The van der Waals surface area contributed by atoms with Crippen molar-refractivity contribution in [3.63, 3.8) is 0 Å². The lowest BCUT2D eigenvalue weighted by Gasteiger charge is -2.18. The van der Waals surface area contributed by atoms with Crippen molar-refractivity contribution in [2.45, 2.75) is 5.92 Å². The number of carbonyl (C=O) groups excluding carboxylic acids is 2. The number of benzene rings is 3. The highest BCUT2D eigenvalue weighted by Gasteiger charge is 2.22. The summed E-state index contributed by atoms with van der Waals surface area (Å²) < 4.78 is 5.29. The van der Waals surface area contributed by atoms with Crippen molar-refractivity contribution in [1.82, 2.24) is 15.3 Å². The van der Waals surface area contributed by atoms with E-state index >= 15 is 0 Å². The number of fused-ring (bicyclic) bond motifs is 2. The van der Waals surface area contributed by atoms with Crippen molar-refractivity contribution < 1.29 is 14.3 Å². The van der Waals surface area contributed by atoms with Gasteiger partial charge in [-0.05, 0) is 53.6 Å². The third-order valence-corrected chi connectivity index (χ3v) is 6.08. The lowest BCUT2D eigenvalue weighted by Crippen LogP contribution is -2.37. The number of carbonyl (C=O) groups is 2. The molecule has 0 aliphatic rings. The standard InChI is InChI=1S/C28H24N4O3/c1-35-19-13-11-18(12-14-19)22(23-17-30-24-8-3-2-6-20(23)24)16-31-27(33)28(34)32-26-10-4-9-25-21(26)7-5-15-29-25/h2-15,17,22,30H,16H2,1H3,(H,31,33)(H,32,34). The molecule has 174 valence electrons. The van der Waals surface area contributed by atoms with Crippen LogP contribution < -0.4 is 15.4 Å². The zero-order chi connectivity index (χ0) is 24.2. The van der Waals surface area contributed by atoms with Crippen LogP contribution in [0.15, 0.2) is 91.3 Å². The lowest BCUT2D eigenvalue weighted by atomic mass is 9.90. The Morgan fingerprint density at radius 2 is 1.71 bits per heavy atom. The number of H-pyrrole nitrogens is 1. The zero-order valence-corrected chi connectivity index (χ0v) is 19.1. The van der Waals surface area contributed by atoms with Gasteiger partial charge in [-0.2, -0.15) is 0 Å². The van der Waals surface area contributed by atoms with Crippen LogP contribution >= 0.6 is 0 Å². The minimum Gasteiger partial charge on any atom is -0.497 e. The molecule has 1 atom stereocenters. The fraction of sp³-hybridized carbons (Fsp3) is 0.107. The zero-order valence-electron chi connectivity index (χ0n) is 19.1. The van der Waals surface area contributed by atoms with Gasteiger partial charge < -0.3 is 20.4 Å². The van der Waals surface area contributed by atoms with E-state index in [0.29, 0.717) is 5.69 Å². The second-order valence-corrected chi connectivity index (χ2v) is 8.16. The quantitative estimate of drug-likeness (QED) is 0.320. The molecule has 5 rings (SSSR count). The lowest BCUT2D eigenvalue weighted by molar-refractivity contribution is -0.136. The molecule has 0 saturated carbocycles. The van der Waals surface area contributed by atoms with Crippen LogP contribution in [0.4, 0.5) is 5.69 Å². The van der Waals surface area contributed by atoms with E-state index in [4.69, 9.17) is 4.74 Å². The van der Waals surface area contributed by atoms with Crippen LogP contribution in [0.3, 0.4) is 0 Å². The number of amides is 2. The second kappa shape index (κ2) is 9.69. The number of aromatic nitrogens is 2. The summed E-state index contributed by atoms with van der Waals surface area (Å²) in [6, 6.07) is 24.8. The van der Waals surface area contributed by atoms with E-state index in [1.807, 2.05) is 66.9 Å². The van der Waals surface area contributed by atoms with Crippen LogP contribution in [0.1, 0.15) is 17.0 Å². The number of anilines is 1. The highest BCUT2D eigenvalue weighted by Crippen LogP contribution is 2.31. The van der Waals surface area contributed by atoms with Gasteiger partial charge in [0, 0.05) is 41.1 Å². The molecule has 0 aliphatic carbocycles. The maximum Gasteiger partial charge on any atom is 0.313 e. The first-order valence-electron chi connectivity index (χ1n) is 11.3. The summed E-state index contributed by atoms with van der Waals surface area (Å²) in [5, 5.41) is 7.37. The van der Waals surface area contributed by atoms with E-state index in [2.05, 4.69) is 20.6 Å². The summed E-state index contributed by atoms with van der Waals surface area (Å²) in [5.74, 6) is -0.854. The molecule has 3 N–H and O–H groups in total. The number of para-hydroxylation sites is 1. The minimum absolute atomic E-state index is 0.171. The Bertz CT molecular complexity index is 1500. The van der Waals surface area contributed by atoms with Crippen molar-refractivity contribution in [3.8, 4) is 5.75 Å². The summed E-state index contributed by atoms with van der Waals surface area (Å²) in [7, 11) is 1.62. The Kier molecular flexibility index (Phi) is 6.13. The SMILES string of the molecule is COc1ccc(C(CNC(=O)C(=O)Nc2cccc3ncccc23)c2c[nH]c3ccccc23)cc1. The van der Waals surface area contributed by atoms with Crippen LogP contribution in [0.2, 0.25) is 0 Å². The molecule has 0 bridgehead atoms. The number of nitrogens with one attached hydrogen (secondary N) is 3. The van der Waals surface area contributed by atoms with E-state index in [9.17, 15) is 9.59 Å². The van der Waals surface area contributed by atoms with Crippen molar-refractivity contribution in [2.24, 2.45) is 0 Å². The topological polar surface area (TPSA) is 96.1 Å². The minimum atomic E-state index is -0.728. The van der Waals surface area contributed by atoms with Gasteiger partial charge in [0.25, 0.3) is 0 Å². The molecule has 0 radical (unpaired) electrons. The van der Waals surface area contributed by atoms with Gasteiger partial charge in [0.2, 0.25) is 0 Å². The molecule has 2 heterocycles. The average Bonchev–Trinajstić information content (AvgIpc) is 3.33. The third-order valence-electron chi connectivity index (χ3n) is 6.08. The first-order chi connectivity index (χ1) is 17.1. The van der Waals surface area contributed by atoms with Crippen LogP contribution in [0.5, 0.6) is 5.75 Å². The molecule has 35 heavy (non-hydrogen) atoms. The molecule has 7 nitrogen and oxygen atoms in total. The maximum atomic E-state index is 12.8. The summed E-state index contributed by atoms with van der Waals surface area (Å²) in [4.78, 5) is 33.1. The van der Waals surface area contributed by atoms with E-state index in [1.165, 1.54) is 0 Å². The van der Waals surface area contributed by atoms with Crippen molar-refractivity contribution >= 4 is 39.3 Å². The van der Waals surface area contributed by atoms with Gasteiger partial charge in [-0.15, -0.1) is 0 Å². The van der Waals surface area contributed by atoms with E-state index < -0.39 is 11.8 Å². The number of nitrogens with zero attached hydrogens (tertiary/aromatic N) is 1. The molecule has 0 saturated heterocycles. The summed E-state index contributed by atoms with van der Waals surface area (Å²) in [6.45, 7) is 0.248. The molecule has 2 amide bonds. The molecular formula is C28H24N4O3. The molecule has 5 aromatic rings. The summed E-state index contributed by atoms with van der Waals surface area (Å²) in [5.41, 5.74) is 4.32. The number of hydrogen-bond donors (Lipinski definition) is 3. The Morgan fingerprint density at radius 1 is 0.914 bits per heavy atom. The fourth-order valence-electron chi connectivity index (χ4n) is 4.29. The number of rotatable bonds is 6.